The van der Waals surface area contributed by atoms with Crippen LogP contribution in [0.25, 0.3) is 0 Å². The predicted molar refractivity (Wildman–Crippen MR) is 58.3 cm³/mol. The third-order valence-corrected chi connectivity index (χ3v) is 3.78. The van der Waals surface area contributed by atoms with Crippen molar-refractivity contribution in [2.75, 3.05) is 0 Å². The van der Waals surface area contributed by atoms with Crippen LogP contribution in [0.5, 0.6) is 0 Å². The Labute approximate surface area is 77.8 Å². The fourth-order valence-electron chi connectivity index (χ4n) is 2.09. The lowest BCUT2D eigenvalue weighted by molar-refractivity contribution is 0.256. The van der Waals surface area contributed by atoms with Crippen LogP contribution in [0.15, 0.2) is 11.1 Å². The van der Waals surface area contributed by atoms with E-state index in [-0.39, 0.29) is 0 Å². The van der Waals surface area contributed by atoms with Crippen LogP contribution in [0.4, 0.5) is 0 Å². The fraction of sp³-hybridized carbons (Fsp3) is 0.818. The van der Waals surface area contributed by atoms with Gasteiger partial charge < -0.3 is 0 Å². The predicted octanol–water partition coefficient (Wildman–Crippen LogP) is 2.95. The summed E-state index contributed by atoms with van der Waals surface area (Å²) in [6, 6.07) is 0. The Hall–Kier alpha value is -0.195. The third-order valence-electron chi connectivity index (χ3n) is 3.78. The van der Waals surface area contributed by atoms with Crippen molar-refractivity contribution in [2.24, 2.45) is 5.41 Å². The molecule has 0 heterocycles. The number of hydrogen-bond acceptors (Lipinski definition) is 0. The molecule has 1 fully saturated rings. The van der Waals surface area contributed by atoms with Gasteiger partial charge in [-0.1, -0.05) is 37.7 Å². The first-order valence-electron chi connectivity index (χ1n) is 5.21. The molecular formula is C11H21B. The summed E-state index contributed by atoms with van der Waals surface area (Å²) in [7, 11) is 2.30. The standard InChI is InChI=1S/C11H21B/c1-5-11(4)7-6-10(11)8(2)9(3)12/h9H,5-7,12H2,1-4H3/b10-8-. The molecule has 0 saturated heterocycles. The summed E-state index contributed by atoms with van der Waals surface area (Å²) in [5, 5.41) is 0. The van der Waals surface area contributed by atoms with E-state index < -0.39 is 0 Å². The largest absolute Gasteiger partial charge is 0.110 e. The molecule has 1 aliphatic carbocycles. The van der Waals surface area contributed by atoms with Crippen molar-refractivity contribution >= 4 is 7.85 Å². The number of hydrogen-bond donors (Lipinski definition) is 0. The molecular weight excluding hydrogens is 143 g/mol. The van der Waals surface area contributed by atoms with Gasteiger partial charge in [-0.2, -0.15) is 0 Å². The van der Waals surface area contributed by atoms with Crippen LogP contribution in [-0.4, -0.2) is 7.85 Å². The zero-order chi connectivity index (χ0) is 9.35. The molecule has 0 aromatic carbocycles. The summed E-state index contributed by atoms with van der Waals surface area (Å²) in [4.78, 5) is 0. The topological polar surface area (TPSA) is 0 Å². The molecule has 1 aliphatic rings. The van der Waals surface area contributed by atoms with Crippen molar-refractivity contribution in [1.29, 1.82) is 0 Å². The lowest BCUT2D eigenvalue weighted by Gasteiger charge is -2.43. The van der Waals surface area contributed by atoms with E-state index in [9.17, 15) is 0 Å². The maximum absolute atomic E-state index is 2.41. The van der Waals surface area contributed by atoms with Gasteiger partial charge in [-0.25, -0.2) is 0 Å². The van der Waals surface area contributed by atoms with Gasteiger partial charge in [-0.05, 0) is 31.6 Å². The molecule has 0 aliphatic heterocycles. The zero-order valence-corrected chi connectivity index (χ0v) is 9.20. The molecule has 0 nitrogen and oxygen atoms in total. The molecule has 0 aromatic heterocycles. The van der Waals surface area contributed by atoms with Gasteiger partial charge in [0.25, 0.3) is 0 Å². The summed E-state index contributed by atoms with van der Waals surface area (Å²) in [5.74, 6) is 0.742. The Kier molecular flexibility index (Phi) is 2.70. The van der Waals surface area contributed by atoms with Crippen molar-refractivity contribution in [2.45, 2.75) is 52.8 Å². The highest BCUT2D eigenvalue weighted by atomic mass is 14.4. The van der Waals surface area contributed by atoms with E-state index in [0.717, 1.165) is 5.82 Å². The molecule has 2 atom stereocenters. The molecule has 1 rings (SSSR count). The Morgan fingerprint density at radius 2 is 2.25 bits per heavy atom. The maximum atomic E-state index is 2.41. The molecule has 0 N–H and O–H groups in total. The van der Waals surface area contributed by atoms with Gasteiger partial charge in [-0.15, -0.1) is 0 Å². The van der Waals surface area contributed by atoms with Gasteiger partial charge in [0.15, 0.2) is 0 Å². The summed E-state index contributed by atoms with van der Waals surface area (Å²) < 4.78 is 0. The highest BCUT2D eigenvalue weighted by Crippen LogP contribution is 2.51. The lowest BCUT2D eigenvalue weighted by atomic mass is 9.60. The molecule has 68 valence electrons. The minimum Gasteiger partial charge on any atom is -0.0787 e. The zero-order valence-electron chi connectivity index (χ0n) is 9.20. The normalized spacial score (nSPS) is 35.7. The quantitative estimate of drug-likeness (QED) is 0.434. The first-order valence-corrected chi connectivity index (χ1v) is 5.21. The molecule has 0 bridgehead atoms. The van der Waals surface area contributed by atoms with E-state index in [4.69, 9.17) is 0 Å². The SMILES string of the molecule is BC(C)/C(C)=C1/CCC1(C)CC. The molecule has 0 radical (unpaired) electrons. The van der Waals surface area contributed by atoms with E-state index in [2.05, 4.69) is 35.5 Å². The van der Waals surface area contributed by atoms with Crippen LogP contribution in [0.3, 0.4) is 0 Å². The Morgan fingerprint density at radius 3 is 2.50 bits per heavy atom. The summed E-state index contributed by atoms with van der Waals surface area (Å²) in [6.45, 7) is 9.34. The Bertz CT molecular complexity index is 199. The van der Waals surface area contributed by atoms with Crippen LogP contribution in [0, 0.1) is 5.41 Å². The van der Waals surface area contributed by atoms with Crippen molar-refractivity contribution in [3.63, 3.8) is 0 Å². The summed E-state index contributed by atoms with van der Waals surface area (Å²) >= 11 is 0. The second-order valence-electron chi connectivity index (χ2n) is 4.73. The highest BCUT2D eigenvalue weighted by molar-refractivity contribution is 6.13. The van der Waals surface area contributed by atoms with E-state index in [1.165, 1.54) is 19.3 Å². The van der Waals surface area contributed by atoms with E-state index in [1.807, 2.05) is 0 Å². The monoisotopic (exact) mass is 164 g/mol. The summed E-state index contributed by atoms with van der Waals surface area (Å²) in [6.07, 6.45) is 4.07. The van der Waals surface area contributed by atoms with Gasteiger partial charge in [0.2, 0.25) is 0 Å². The van der Waals surface area contributed by atoms with E-state index >= 15 is 0 Å². The van der Waals surface area contributed by atoms with Gasteiger partial charge in [0.1, 0.15) is 7.85 Å². The highest BCUT2D eigenvalue weighted by Gasteiger charge is 2.36. The number of rotatable bonds is 2. The van der Waals surface area contributed by atoms with Gasteiger partial charge in [-0.3, -0.25) is 0 Å². The molecule has 0 spiro atoms. The third kappa shape index (κ3) is 1.46. The van der Waals surface area contributed by atoms with Crippen LogP contribution in [-0.2, 0) is 0 Å². The molecule has 0 aromatic rings. The van der Waals surface area contributed by atoms with Crippen molar-refractivity contribution in [1.82, 2.24) is 0 Å². The molecule has 2 unspecified atom stereocenters. The van der Waals surface area contributed by atoms with Crippen LogP contribution >= 0.6 is 0 Å². The van der Waals surface area contributed by atoms with Gasteiger partial charge in [0, 0.05) is 0 Å². The average Bonchev–Trinajstić information content (AvgIpc) is 2.01. The van der Waals surface area contributed by atoms with Gasteiger partial charge >= 0.3 is 0 Å². The Morgan fingerprint density at radius 1 is 1.67 bits per heavy atom. The van der Waals surface area contributed by atoms with Crippen LogP contribution in [0.1, 0.15) is 47.0 Å². The lowest BCUT2D eigenvalue weighted by Crippen LogP contribution is -2.29. The first-order chi connectivity index (χ1) is 5.51. The molecule has 12 heavy (non-hydrogen) atoms. The van der Waals surface area contributed by atoms with Crippen LogP contribution < -0.4 is 0 Å². The van der Waals surface area contributed by atoms with Gasteiger partial charge in [0.05, 0.1) is 0 Å². The molecule has 0 amide bonds. The van der Waals surface area contributed by atoms with Crippen molar-refractivity contribution in [3.8, 4) is 0 Å². The second-order valence-corrected chi connectivity index (χ2v) is 4.73. The minimum absolute atomic E-state index is 0.564. The first kappa shape index (κ1) is 9.89. The molecule has 1 heteroatoms. The fourth-order valence-corrected chi connectivity index (χ4v) is 2.09. The van der Waals surface area contributed by atoms with E-state index in [0.29, 0.717) is 5.41 Å². The molecule has 1 saturated carbocycles. The summed E-state index contributed by atoms with van der Waals surface area (Å²) in [5.41, 5.74) is 3.96. The van der Waals surface area contributed by atoms with Crippen molar-refractivity contribution < 1.29 is 0 Å². The van der Waals surface area contributed by atoms with Crippen LogP contribution in [0.2, 0.25) is 5.82 Å². The van der Waals surface area contributed by atoms with E-state index in [1.54, 1.807) is 11.1 Å². The minimum atomic E-state index is 0.564. The second kappa shape index (κ2) is 3.28. The Balaban J connectivity index is 2.83. The maximum Gasteiger partial charge on any atom is 0.110 e. The average molecular weight is 164 g/mol. The number of allylic oxidation sites excluding steroid dienone is 2. The van der Waals surface area contributed by atoms with Crippen molar-refractivity contribution in [3.05, 3.63) is 11.1 Å². The smallest absolute Gasteiger partial charge is 0.0787 e.